The molecule has 1 amide bonds. The van der Waals surface area contributed by atoms with E-state index in [0.717, 1.165) is 0 Å². The Hall–Kier alpha value is -1.90. The van der Waals surface area contributed by atoms with Gasteiger partial charge in [0.15, 0.2) is 5.72 Å². The van der Waals surface area contributed by atoms with Crippen LogP contribution in [0.2, 0.25) is 5.02 Å². The maximum absolute atomic E-state index is 13.2. The zero-order valence-electron chi connectivity index (χ0n) is 13.0. The molecule has 0 fully saturated rings. The lowest BCUT2D eigenvalue weighted by Crippen LogP contribution is -2.43. The van der Waals surface area contributed by atoms with Crippen LogP contribution in [0.5, 0.6) is 0 Å². The number of carbonyl (C=O) groups excluding carboxylic acids is 1. The normalized spacial score (nSPS) is 20.2. The van der Waals surface area contributed by atoms with Crippen molar-refractivity contribution in [2.75, 3.05) is 0 Å². The van der Waals surface area contributed by atoms with Crippen LogP contribution in [-0.2, 0) is 5.72 Å². The van der Waals surface area contributed by atoms with E-state index >= 15 is 0 Å². The summed E-state index contributed by atoms with van der Waals surface area (Å²) in [5.74, 6) is -0.892. The third-order valence-corrected chi connectivity index (χ3v) is 4.65. The Morgan fingerprint density at radius 3 is 2.46 bits per heavy atom. The molecule has 0 spiro atoms. The van der Waals surface area contributed by atoms with Gasteiger partial charge in [-0.15, -0.1) is 0 Å². The molecule has 2 aromatic carbocycles. The SMILES string of the molecule is O=C(c1cccc(Cl)c1)N1N=C(C(F)(F)F)C[C@@]1(O)c1ccc(Br)cc1. The van der Waals surface area contributed by atoms with Crippen molar-refractivity contribution in [2.45, 2.75) is 18.3 Å². The Morgan fingerprint density at radius 2 is 1.88 bits per heavy atom. The first-order valence-corrected chi connectivity index (χ1v) is 8.51. The number of rotatable bonds is 2. The van der Waals surface area contributed by atoms with Crippen molar-refractivity contribution in [1.82, 2.24) is 5.01 Å². The summed E-state index contributed by atoms with van der Waals surface area (Å²) in [5.41, 5.74) is -3.37. The first-order chi connectivity index (χ1) is 12.1. The molecule has 1 N–H and O–H groups in total. The fourth-order valence-electron chi connectivity index (χ4n) is 2.60. The number of aliphatic hydroxyl groups is 1. The Kier molecular flexibility index (Phi) is 4.85. The first kappa shape index (κ1) is 18.9. The van der Waals surface area contributed by atoms with E-state index in [1.165, 1.54) is 36.4 Å². The first-order valence-electron chi connectivity index (χ1n) is 7.34. The summed E-state index contributed by atoms with van der Waals surface area (Å²) in [6.07, 6.45) is -5.64. The fraction of sp³-hybridized carbons (Fsp3) is 0.176. The second kappa shape index (κ2) is 6.68. The Bertz CT molecular complexity index is 886. The molecule has 2 aromatic rings. The number of benzene rings is 2. The van der Waals surface area contributed by atoms with Crippen molar-refractivity contribution < 1.29 is 23.1 Å². The summed E-state index contributed by atoms with van der Waals surface area (Å²) in [6, 6.07) is 11.7. The molecule has 1 atom stereocenters. The minimum absolute atomic E-state index is 0.0141. The monoisotopic (exact) mass is 446 g/mol. The van der Waals surface area contributed by atoms with Gasteiger partial charge < -0.3 is 5.11 Å². The second-order valence-electron chi connectivity index (χ2n) is 5.67. The van der Waals surface area contributed by atoms with Gasteiger partial charge in [0.05, 0.1) is 6.42 Å². The van der Waals surface area contributed by atoms with Crippen LogP contribution in [0, 0.1) is 0 Å². The Balaban J connectivity index is 2.08. The summed E-state index contributed by atoms with van der Waals surface area (Å²) < 4.78 is 40.2. The number of halogens is 5. The van der Waals surface area contributed by atoms with Gasteiger partial charge in [-0.3, -0.25) is 4.79 Å². The summed E-state index contributed by atoms with van der Waals surface area (Å²) in [6.45, 7) is 0. The predicted molar refractivity (Wildman–Crippen MR) is 93.8 cm³/mol. The van der Waals surface area contributed by atoms with Crippen LogP contribution in [-0.4, -0.2) is 27.9 Å². The number of hydrogen-bond donors (Lipinski definition) is 1. The highest BCUT2D eigenvalue weighted by molar-refractivity contribution is 9.10. The van der Waals surface area contributed by atoms with E-state index in [1.54, 1.807) is 12.1 Å². The molecule has 0 saturated carbocycles. The number of amides is 1. The van der Waals surface area contributed by atoms with Crippen LogP contribution in [0.4, 0.5) is 13.2 Å². The number of hydrazone groups is 1. The lowest BCUT2D eigenvalue weighted by Gasteiger charge is -2.31. The molecule has 136 valence electrons. The number of carbonyl (C=O) groups is 1. The third kappa shape index (κ3) is 3.49. The molecule has 0 bridgehead atoms. The van der Waals surface area contributed by atoms with E-state index < -0.39 is 29.9 Å². The van der Waals surface area contributed by atoms with E-state index in [2.05, 4.69) is 21.0 Å². The van der Waals surface area contributed by atoms with E-state index in [-0.39, 0.29) is 16.1 Å². The summed E-state index contributed by atoms with van der Waals surface area (Å²) in [5, 5.41) is 15.1. The van der Waals surface area contributed by atoms with Gasteiger partial charge in [0.2, 0.25) is 0 Å². The van der Waals surface area contributed by atoms with E-state index in [1.807, 2.05) is 0 Å². The van der Waals surface area contributed by atoms with Crippen LogP contribution >= 0.6 is 27.5 Å². The van der Waals surface area contributed by atoms with Gasteiger partial charge in [-0.2, -0.15) is 23.3 Å². The lowest BCUT2D eigenvalue weighted by atomic mass is 9.96. The van der Waals surface area contributed by atoms with E-state index in [0.29, 0.717) is 9.48 Å². The molecule has 0 aliphatic carbocycles. The van der Waals surface area contributed by atoms with Crippen LogP contribution in [0.3, 0.4) is 0 Å². The maximum Gasteiger partial charge on any atom is 0.431 e. The van der Waals surface area contributed by atoms with Gasteiger partial charge in [0, 0.05) is 20.6 Å². The van der Waals surface area contributed by atoms with Crippen molar-refractivity contribution >= 4 is 39.1 Å². The van der Waals surface area contributed by atoms with Gasteiger partial charge >= 0.3 is 6.18 Å². The molecule has 1 heterocycles. The smallest absolute Gasteiger partial charge is 0.365 e. The highest BCUT2D eigenvalue weighted by Crippen LogP contribution is 2.40. The summed E-state index contributed by atoms with van der Waals surface area (Å²) >= 11 is 9.07. The molecular formula is C17H11BrClF3N2O2. The van der Waals surface area contributed by atoms with Gasteiger partial charge in [-0.25, -0.2) is 0 Å². The Labute approximate surface area is 160 Å². The topological polar surface area (TPSA) is 52.9 Å². The van der Waals surface area contributed by atoms with E-state index in [4.69, 9.17) is 11.6 Å². The molecule has 0 unspecified atom stereocenters. The van der Waals surface area contributed by atoms with Gasteiger partial charge in [0.1, 0.15) is 5.71 Å². The average molecular weight is 448 g/mol. The van der Waals surface area contributed by atoms with Gasteiger partial charge in [-0.1, -0.05) is 45.7 Å². The molecule has 3 rings (SSSR count). The Morgan fingerprint density at radius 1 is 1.23 bits per heavy atom. The van der Waals surface area contributed by atoms with Crippen LogP contribution < -0.4 is 0 Å². The largest absolute Gasteiger partial charge is 0.431 e. The van der Waals surface area contributed by atoms with E-state index in [9.17, 15) is 23.1 Å². The third-order valence-electron chi connectivity index (χ3n) is 3.88. The van der Waals surface area contributed by atoms with Gasteiger partial charge in [-0.05, 0) is 30.3 Å². The molecule has 0 aromatic heterocycles. The number of nitrogens with zero attached hydrogens (tertiary/aromatic N) is 2. The van der Waals surface area contributed by atoms with Crippen LogP contribution in [0.25, 0.3) is 0 Å². The molecule has 0 radical (unpaired) electrons. The van der Waals surface area contributed by atoms with Crippen molar-refractivity contribution in [3.63, 3.8) is 0 Å². The predicted octanol–water partition coefficient (Wildman–Crippen LogP) is 4.71. The molecular weight excluding hydrogens is 437 g/mol. The van der Waals surface area contributed by atoms with Crippen molar-refractivity contribution in [3.05, 3.63) is 69.2 Å². The van der Waals surface area contributed by atoms with Crippen LogP contribution in [0.15, 0.2) is 58.1 Å². The molecule has 0 saturated heterocycles. The van der Waals surface area contributed by atoms with Crippen molar-refractivity contribution in [1.29, 1.82) is 0 Å². The molecule has 1 aliphatic heterocycles. The standard InChI is InChI=1S/C17H11BrClF3N2O2/c18-12-6-4-11(5-7-12)16(26)9-14(17(20,21)22)23-24(16)15(25)10-2-1-3-13(19)8-10/h1-8,26H,9H2/t16-/m1/s1. The molecule has 9 heteroatoms. The van der Waals surface area contributed by atoms with Crippen LogP contribution in [0.1, 0.15) is 22.3 Å². The fourth-order valence-corrected chi connectivity index (χ4v) is 3.06. The highest BCUT2D eigenvalue weighted by Gasteiger charge is 2.53. The molecule has 1 aliphatic rings. The summed E-state index contributed by atoms with van der Waals surface area (Å²) in [4.78, 5) is 12.8. The van der Waals surface area contributed by atoms with Crippen molar-refractivity contribution in [2.24, 2.45) is 5.10 Å². The number of alkyl halides is 3. The minimum atomic E-state index is -4.77. The molecule has 26 heavy (non-hydrogen) atoms. The quantitative estimate of drug-likeness (QED) is 0.725. The van der Waals surface area contributed by atoms with Crippen molar-refractivity contribution in [3.8, 4) is 0 Å². The average Bonchev–Trinajstić information content (AvgIpc) is 2.94. The minimum Gasteiger partial charge on any atom is -0.365 e. The summed E-state index contributed by atoms with van der Waals surface area (Å²) in [7, 11) is 0. The second-order valence-corrected chi connectivity index (χ2v) is 7.02. The highest BCUT2D eigenvalue weighted by atomic mass is 79.9. The zero-order valence-corrected chi connectivity index (χ0v) is 15.3. The maximum atomic E-state index is 13.2. The number of hydrogen-bond acceptors (Lipinski definition) is 3. The van der Waals surface area contributed by atoms with Gasteiger partial charge in [0.25, 0.3) is 5.91 Å². The lowest BCUT2D eigenvalue weighted by molar-refractivity contribution is -0.0816. The molecule has 4 nitrogen and oxygen atoms in total. The zero-order chi connectivity index (χ0) is 19.1.